The van der Waals surface area contributed by atoms with E-state index < -0.39 is 0 Å². The van der Waals surface area contributed by atoms with E-state index in [1.807, 2.05) is 37.3 Å². The molecular formula is C14H11N5O. The first-order valence-electron chi connectivity index (χ1n) is 5.97. The second-order valence-electron chi connectivity index (χ2n) is 3.74. The van der Waals surface area contributed by atoms with Crippen LogP contribution in [0.5, 0.6) is 11.6 Å². The van der Waals surface area contributed by atoms with Crippen molar-refractivity contribution in [2.24, 2.45) is 0 Å². The third-order valence-corrected chi connectivity index (χ3v) is 2.38. The Morgan fingerprint density at radius 3 is 2.35 bits per heavy atom. The molecule has 20 heavy (non-hydrogen) atoms. The highest BCUT2D eigenvalue weighted by Crippen LogP contribution is 2.26. The van der Waals surface area contributed by atoms with Crippen molar-refractivity contribution in [3.8, 4) is 23.8 Å². The molecule has 1 heterocycles. The molecule has 0 saturated heterocycles. The van der Waals surface area contributed by atoms with Gasteiger partial charge in [-0.25, -0.2) is 4.98 Å². The summed E-state index contributed by atoms with van der Waals surface area (Å²) in [7, 11) is 0. The summed E-state index contributed by atoms with van der Waals surface area (Å²) in [6.45, 7) is 2.48. The molecule has 1 aromatic carbocycles. The predicted molar refractivity (Wildman–Crippen MR) is 72.1 cm³/mol. The van der Waals surface area contributed by atoms with Gasteiger partial charge in [0.1, 0.15) is 17.9 Å². The quantitative estimate of drug-likeness (QED) is 0.912. The van der Waals surface area contributed by atoms with Crippen molar-refractivity contribution in [3.05, 3.63) is 41.7 Å². The standard InChI is InChI=1S/C14H11N5O/c1-2-17-13-14(20-10-6-4-3-5-7-10)19-12(9-16)11(8-15)18-13/h3-7H,2H2,1H3,(H,17,18). The molecule has 1 aromatic heterocycles. The maximum Gasteiger partial charge on any atom is 0.264 e. The van der Waals surface area contributed by atoms with E-state index >= 15 is 0 Å². The first kappa shape index (κ1) is 13.3. The monoisotopic (exact) mass is 265 g/mol. The molecule has 6 heteroatoms. The van der Waals surface area contributed by atoms with Gasteiger partial charge in [0.05, 0.1) is 0 Å². The maximum atomic E-state index is 8.98. The number of ether oxygens (including phenoxy) is 1. The molecule has 6 nitrogen and oxygen atoms in total. The van der Waals surface area contributed by atoms with Crippen molar-refractivity contribution in [2.75, 3.05) is 11.9 Å². The molecule has 0 aliphatic heterocycles. The third kappa shape index (κ3) is 2.82. The van der Waals surface area contributed by atoms with Crippen molar-refractivity contribution in [1.29, 1.82) is 10.5 Å². The smallest absolute Gasteiger partial charge is 0.264 e. The molecular weight excluding hydrogens is 254 g/mol. The van der Waals surface area contributed by atoms with E-state index in [2.05, 4.69) is 15.3 Å². The van der Waals surface area contributed by atoms with Crippen LogP contribution in [0.3, 0.4) is 0 Å². The van der Waals surface area contributed by atoms with Crippen molar-refractivity contribution in [3.63, 3.8) is 0 Å². The van der Waals surface area contributed by atoms with E-state index in [0.29, 0.717) is 18.1 Å². The molecule has 0 unspecified atom stereocenters. The molecule has 0 aliphatic rings. The van der Waals surface area contributed by atoms with Gasteiger partial charge in [0.2, 0.25) is 0 Å². The number of para-hydroxylation sites is 1. The van der Waals surface area contributed by atoms with Crippen LogP contribution in [0, 0.1) is 22.7 Å². The van der Waals surface area contributed by atoms with Crippen molar-refractivity contribution in [1.82, 2.24) is 9.97 Å². The van der Waals surface area contributed by atoms with Crippen LogP contribution in [0.25, 0.3) is 0 Å². The minimum Gasteiger partial charge on any atom is -0.436 e. The molecule has 1 N–H and O–H groups in total. The van der Waals surface area contributed by atoms with Gasteiger partial charge in [-0.15, -0.1) is 0 Å². The third-order valence-electron chi connectivity index (χ3n) is 2.38. The minimum atomic E-state index is -0.0555. The molecule has 0 atom stereocenters. The Morgan fingerprint density at radius 2 is 1.75 bits per heavy atom. The second kappa shape index (κ2) is 6.17. The van der Waals surface area contributed by atoms with Crippen LogP contribution in [-0.4, -0.2) is 16.5 Å². The number of anilines is 1. The molecule has 98 valence electrons. The normalized spacial score (nSPS) is 9.35. The predicted octanol–water partition coefficient (Wildman–Crippen LogP) is 2.44. The zero-order valence-corrected chi connectivity index (χ0v) is 10.8. The molecule has 0 bridgehead atoms. The summed E-state index contributed by atoms with van der Waals surface area (Å²) >= 11 is 0. The summed E-state index contributed by atoms with van der Waals surface area (Å²) in [5.41, 5.74) is -0.0797. The number of aromatic nitrogens is 2. The molecule has 0 radical (unpaired) electrons. The zero-order valence-electron chi connectivity index (χ0n) is 10.8. The Hall–Kier alpha value is -3.12. The van der Waals surface area contributed by atoms with Gasteiger partial charge < -0.3 is 10.1 Å². The molecule has 0 aliphatic carbocycles. The van der Waals surface area contributed by atoms with Gasteiger partial charge in [0.25, 0.3) is 5.88 Å². The summed E-state index contributed by atoms with van der Waals surface area (Å²) in [6, 6.07) is 12.7. The lowest BCUT2D eigenvalue weighted by atomic mass is 10.3. The van der Waals surface area contributed by atoms with E-state index in [1.54, 1.807) is 12.1 Å². The number of hydrogen-bond acceptors (Lipinski definition) is 6. The summed E-state index contributed by atoms with van der Waals surface area (Å²) in [5, 5.41) is 20.9. The SMILES string of the molecule is CCNc1nc(C#N)c(C#N)nc1Oc1ccccc1. The number of benzene rings is 1. The lowest BCUT2D eigenvalue weighted by Gasteiger charge is -2.10. The number of hydrogen-bond donors (Lipinski definition) is 1. The first-order valence-corrected chi connectivity index (χ1v) is 5.97. The minimum absolute atomic E-state index is 0.0242. The lowest BCUT2D eigenvalue weighted by molar-refractivity contribution is 0.461. The van der Waals surface area contributed by atoms with E-state index in [1.165, 1.54) is 0 Å². The van der Waals surface area contributed by atoms with Crippen LogP contribution in [-0.2, 0) is 0 Å². The largest absolute Gasteiger partial charge is 0.436 e. The summed E-state index contributed by atoms with van der Waals surface area (Å²) in [4.78, 5) is 8.11. The Balaban J connectivity index is 2.45. The maximum absolute atomic E-state index is 8.98. The fourth-order valence-corrected chi connectivity index (χ4v) is 1.53. The number of rotatable bonds is 4. The van der Waals surface area contributed by atoms with E-state index in [9.17, 15) is 0 Å². The van der Waals surface area contributed by atoms with Gasteiger partial charge >= 0.3 is 0 Å². The van der Waals surface area contributed by atoms with Gasteiger partial charge in [-0.3, -0.25) is 0 Å². The van der Waals surface area contributed by atoms with E-state index in [4.69, 9.17) is 15.3 Å². The summed E-state index contributed by atoms with van der Waals surface area (Å²) in [6.07, 6.45) is 0. The second-order valence-corrected chi connectivity index (χ2v) is 3.74. The van der Waals surface area contributed by atoms with Crippen LogP contribution in [0.4, 0.5) is 5.82 Å². The Bertz CT molecular complexity index is 685. The fraction of sp³-hybridized carbons (Fsp3) is 0.143. The highest BCUT2D eigenvalue weighted by molar-refractivity contribution is 5.52. The average molecular weight is 265 g/mol. The highest BCUT2D eigenvalue weighted by Gasteiger charge is 2.14. The van der Waals surface area contributed by atoms with Gasteiger partial charge in [-0.1, -0.05) is 18.2 Å². The number of nitrogens with zero attached hydrogens (tertiary/aromatic N) is 4. The van der Waals surface area contributed by atoms with Crippen LogP contribution >= 0.6 is 0 Å². The lowest BCUT2D eigenvalue weighted by Crippen LogP contribution is -2.07. The molecule has 0 amide bonds. The Morgan fingerprint density at radius 1 is 1.10 bits per heavy atom. The van der Waals surface area contributed by atoms with Gasteiger partial charge in [-0.05, 0) is 19.1 Å². The van der Waals surface area contributed by atoms with Crippen molar-refractivity contribution >= 4 is 5.82 Å². The van der Waals surface area contributed by atoms with E-state index in [0.717, 1.165) is 0 Å². The van der Waals surface area contributed by atoms with Crippen molar-refractivity contribution < 1.29 is 4.74 Å². The van der Waals surface area contributed by atoms with Crippen LogP contribution in [0.15, 0.2) is 30.3 Å². The highest BCUT2D eigenvalue weighted by atomic mass is 16.5. The van der Waals surface area contributed by atoms with Crippen LogP contribution in [0.1, 0.15) is 18.3 Å². The average Bonchev–Trinajstić information content (AvgIpc) is 2.49. The first-order chi connectivity index (χ1) is 9.78. The zero-order chi connectivity index (χ0) is 14.4. The van der Waals surface area contributed by atoms with Crippen LogP contribution in [0.2, 0.25) is 0 Å². The van der Waals surface area contributed by atoms with Crippen LogP contribution < -0.4 is 10.1 Å². The summed E-state index contributed by atoms with van der Waals surface area (Å²) in [5.74, 6) is 1.09. The Labute approximate surface area is 116 Å². The molecule has 2 aromatic rings. The number of nitrogens with one attached hydrogen (secondary N) is 1. The molecule has 0 spiro atoms. The molecule has 0 saturated carbocycles. The molecule has 0 fully saturated rings. The van der Waals surface area contributed by atoms with Crippen molar-refractivity contribution in [2.45, 2.75) is 6.92 Å². The van der Waals surface area contributed by atoms with Gasteiger partial charge in [0, 0.05) is 6.54 Å². The number of nitriles is 2. The topological polar surface area (TPSA) is 94.6 Å². The van der Waals surface area contributed by atoms with E-state index in [-0.39, 0.29) is 17.3 Å². The Kier molecular flexibility index (Phi) is 4.10. The summed E-state index contributed by atoms with van der Waals surface area (Å²) < 4.78 is 5.61. The van der Waals surface area contributed by atoms with Gasteiger partial charge in [-0.2, -0.15) is 15.5 Å². The molecule has 2 rings (SSSR count). The fourth-order valence-electron chi connectivity index (χ4n) is 1.53. The van der Waals surface area contributed by atoms with Gasteiger partial charge in [0.15, 0.2) is 17.2 Å².